The Bertz CT molecular complexity index is 696. The topological polar surface area (TPSA) is 50.5 Å². The van der Waals surface area contributed by atoms with E-state index in [9.17, 15) is 10.0 Å². The lowest BCUT2D eigenvalue weighted by atomic mass is 10.1. The average molecular weight is 311 g/mol. The van der Waals surface area contributed by atoms with Crippen molar-refractivity contribution in [1.29, 1.82) is 0 Å². The SMILES string of the molecule is CN(Cc1ccccc1N1CCCC1)C(=O)c1cccc[n+]1[O-]. The number of nitrogens with zero attached hydrogens (tertiary/aromatic N) is 3. The Morgan fingerprint density at radius 1 is 1.17 bits per heavy atom. The molecule has 23 heavy (non-hydrogen) atoms. The molecule has 5 nitrogen and oxygen atoms in total. The second-order valence-electron chi connectivity index (χ2n) is 5.90. The van der Waals surface area contributed by atoms with Crippen molar-refractivity contribution >= 4 is 11.6 Å². The van der Waals surface area contributed by atoms with Crippen LogP contribution in [0.5, 0.6) is 0 Å². The molecule has 0 spiro atoms. The van der Waals surface area contributed by atoms with Gasteiger partial charge in [-0.3, -0.25) is 4.79 Å². The number of pyridine rings is 1. The van der Waals surface area contributed by atoms with E-state index in [4.69, 9.17) is 0 Å². The molecule has 0 saturated carbocycles. The molecule has 1 aliphatic heterocycles. The van der Waals surface area contributed by atoms with Gasteiger partial charge in [0, 0.05) is 44.5 Å². The van der Waals surface area contributed by atoms with Gasteiger partial charge in [0.25, 0.3) is 5.69 Å². The smallest absolute Gasteiger partial charge is 0.320 e. The molecule has 2 heterocycles. The summed E-state index contributed by atoms with van der Waals surface area (Å²) in [5.74, 6) is -0.267. The fourth-order valence-electron chi connectivity index (χ4n) is 3.03. The van der Waals surface area contributed by atoms with Gasteiger partial charge < -0.3 is 15.0 Å². The molecule has 0 unspecified atom stereocenters. The van der Waals surface area contributed by atoms with Gasteiger partial charge in [0.15, 0.2) is 6.20 Å². The molecule has 1 amide bonds. The Morgan fingerprint density at radius 2 is 1.87 bits per heavy atom. The zero-order valence-electron chi connectivity index (χ0n) is 13.3. The van der Waals surface area contributed by atoms with Crippen LogP contribution >= 0.6 is 0 Å². The molecular weight excluding hydrogens is 290 g/mol. The van der Waals surface area contributed by atoms with E-state index >= 15 is 0 Å². The molecule has 0 N–H and O–H groups in total. The molecule has 1 fully saturated rings. The molecule has 0 bridgehead atoms. The Morgan fingerprint density at radius 3 is 2.61 bits per heavy atom. The monoisotopic (exact) mass is 311 g/mol. The largest absolute Gasteiger partial charge is 0.618 e. The van der Waals surface area contributed by atoms with Gasteiger partial charge in [-0.05, 0) is 30.5 Å². The minimum Gasteiger partial charge on any atom is -0.618 e. The Kier molecular flexibility index (Phi) is 4.46. The van der Waals surface area contributed by atoms with Gasteiger partial charge in [0.05, 0.1) is 0 Å². The number of amides is 1. The summed E-state index contributed by atoms with van der Waals surface area (Å²) in [6.07, 6.45) is 3.77. The van der Waals surface area contributed by atoms with Crippen molar-refractivity contribution in [3.63, 3.8) is 0 Å². The van der Waals surface area contributed by atoms with E-state index in [1.54, 1.807) is 30.1 Å². The second-order valence-corrected chi connectivity index (χ2v) is 5.90. The van der Waals surface area contributed by atoms with Crippen LogP contribution in [0.15, 0.2) is 48.7 Å². The third kappa shape index (κ3) is 3.28. The van der Waals surface area contributed by atoms with Gasteiger partial charge >= 0.3 is 5.91 Å². The lowest BCUT2D eigenvalue weighted by Crippen LogP contribution is -2.39. The number of carbonyl (C=O) groups is 1. The highest BCUT2D eigenvalue weighted by molar-refractivity contribution is 5.90. The Labute approximate surface area is 136 Å². The van der Waals surface area contributed by atoms with Crippen molar-refractivity contribution in [1.82, 2.24) is 4.90 Å². The maximum Gasteiger partial charge on any atom is 0.320 e. The fraction of sp³-hybridized carbons (Fsp3) is 0.333. The van der Waals surface area contributed by atoms with E-state index in [-0.39, 0.29) is 11.6 Å². The first kappa shape index (κ1) is 15.3. The molecule has 1 saturated heterocycles. The van der Waals surface area contributed by atoms with Gasteiger partial charge in [-0.15, -0.1) is 0 Å². The van der Waals surface area contributed by atoms with Crippen LogP contribution in [0.4, 0.5) is 5.69 Å². The summed E-state index contributed by atoms with van der Waals surface area (Å²) in [5.41, 5.74) is 2.44. The molecular formula is C18H21N3O2. The average Bonchev–Trinajstić information content (AvgIpc) is 3.09. The number of para-hydroxylation sites is 1. The minimum atomic E-state index is -0.267. The van der Waals surface area contributed by atoms with Crippen LogP contribution in [0, 0.1) is 5.21 Å². The summed E-state index contributed by atoms with van der Waals surface area (Å²) in [5, 5.41) is 11.8. The van der Waals surface area contributed by atoms with Crippen molar-refractivity contribution in [3.05, 3.63) is 65.1 Å². The molecule has 5 heteroatoms. The molecule has 1 aromatic carbocycles. The molecule has 1 aromatic heterocycles. The van der Waals surface area contributed by atoms with Crippen LogP contribution in [-0.4, -0.2) is 30.9 Å². The van der Waals surface area contributed by atoms with E-state index < -0.39 is 0 Å². The first-order valence-electron chi connectivity index (χ1n) is 7.93. The highest BCUT2D eigenvalue weighted by atomic mass is 16.5. The highest BCUT2D eigenvalue weighted by Gasteiger charge is 2.22. The minimum absolute atomic E-state index is 0.147. The fourth-order valence-corrected chi connectivity index (χ4v) is 3.03. The number of hydrogen-bond acceptors (Lipinski definition) is 3. The van der Waals surface area contributed by atoms with Crippen molar-refractivity contribution in [2.75, 3.05) is 25.0 Å². The van der Waals surface area contributed by atoms with E-state index in [0.29, 0.717) is 11.3 Å². The van der Waals surface area contributed by atoms with Crippen molar-refractivity contribution in [2.24, 2.45) is 0 Å². The predicted molar refractivity (Wildman–Crippen MR) is 89.1 cm³/mol. The van der Waals surface area contributed by atoms with Crippen molar-refractivity contribution in [3.8, 4) is 0 Å². The standard InChI is InChI=1S/C18H21N3O2/c1-19(18(22)17-10-4-5-13-21(17)23)14-15-8-2-3-9-16(15)20-11-6-7-12-20/h2-5,8-10,13H,6-7,11-12,14H2,1H3. The molecule has 0 aliphatic carbocycles. The third-order valence-electron chi connectivity index (χ3n) is 4.24. The van der Waals surface area contributed by atoms with E-state index in [1.807, 2.05) is 18.2 Å². The number of anilines is 1. The van der Waals surface area contributed by atoms with Gasteiger partial charge in [-0.1, -0.05) is 18.2 Å². The number of aromatic nitrogens is 1. The lowest BCUT2D eigenvalue weighted by Gasteiger charge is -2.24. The molecule has 1 aliphatic rings. The Hall–Kier alpha value is -2.56. The summed E-state index contributed by atoms with van der Waals surface area (Å²) in [7, 11) is 1.73. The molecule has 120 valence electrons. The van der Waals surface area contributed by atoms with Crippen molar-refractivity contribution < 1.29 is 9.52 Å². The van der Waals surface area contributed by atoms with Crippen LogP contribution in [0.2, 0.25) is 0 Å². The maximum atomic E-state index is 12.5. The zero-order valence-corrected chi connectivity index (χ0v) is 13.3. The van der Waals surface area contributed by atoms with Gasteiger partial charge in [0.2, 0.25) is 0 Å². The summed E-state index contributed by atoms with van der Waals surface area (Å²) in [4.78, 5) is 16.5. The number of hydrogen-bond donors (Lipinski definition) is 0. The molecule has 0 radical (unpaired) electrons. The van der Waals surface area contributed by atoms with E-state index in [1.165, 1.54) is 24.7 Å². The van der Waals surface area contributed by atoms with Gasteiger partial charge in [-0.25, -0.2) is 0 Å². The first-order valence-corrected chi connectivity index (χ1v) is 7.93. The normalized spacial score (nSPS) is 14.0. The predicted octanol–water partition coefficient (Wildman–Crippen LogP) is 2.19. The number of rotatable bonds is 4. The van der Waals surface area contributed by atoms with Crippen LogP contribution < -0.4 is 9.63 Å². The molecule has 3 rings (SSSR count). The molecule has 2 aromatic rings. The van der Waals surface area contributed by atoms with E-state index in [0.717, 1.165) is 18.7 Å². The van der Waals surface area contributed by atoms with Crippen molar-refractivity contribution in [2.45, 2.75) is 19.4 Å². The van der Waals surface area contributed by atoms with Crippen LogP contribution in [0.25, 0.3) is 0 Å². The lowest BCUT2D eigenvalue weighted by molar-refractivity contribution is -0.608. The maximum absolute atomic E-state index is 12.5. The summed E-state index contributed by atoms with van der Waals surface area (Å²) < 4.78 is 0.616. The highest BCUT2D eigenvalue weighted by Crippen LogP contribution is 2.25. The number of carbonyl (C=O) groups excluding carboxylic acids is 1. The van der Waals surface area contributed by atoms with Crippen LogP contribution in [0.3, 0.4) is 0 Å². The summed E-state index contributed by atoms with van der Waals surface area (Å²) in [6, 6.07) is 13.0. The second kappa shape index (κ2) is 6.69. The zero-order chi connectivity index (χ0) is 16.2. The molecule has 0 atom stereocenters. The van der Waals surface area contributed by atoms with Gasteiger partial charge in [0.1, 0.15) is 0 Å². The van der Waals surface area contributed by atoms with Crippen LogP contribution in [-0.2, 0) is 6.54 Å². The third-order valence-corrected chi connectivity index (χ3v) is 4.24. The summed E-state index contributed by atoms with van der Waals surface area (Å²) in [6.45, 7) is 2.61. The van der Waals surface area contributed by atoms with Gasteiger partial charge in [-0.2, -0.15) is 4.73 Å². The van der Waals surface area contributed by atoms with E-state index in [2.05, 4.69) is 11.0 Å². The quantitative estimate of drug-likeness (QED) is 0.642. The number of benzene rings is 1. The summed E-state index contributed by atoms with van der Waals surface area (Å²) >= 11 is 0. The van der Waals surface area contributed by atoms with Crippen LogP contribution in [0.1, 0.15) is 28.9 Å². The first-order chi connectivity index (χ1) is 11.2. The Balaban J connectivity index is 1.79.